The van der Waals surface area contributed by atoms with E-state index in [1.165, 1.54) is 0 Å². The molecule has 6 heavy (non-hydrogen) atoms. The zero-order valence-electron chi connectivity index (χ0n) is 2.76. The van der Waals surface area contributed by atoms with Crippen LogP contribution in [0.15, 0.2) is 0 Å². The average Bonchev–Trinajstić information content (AvgIpc) is 1.73. The summed E-state index contributed by atoms with van der Waals surface area (Å²) in [6.45, 7) is 0. The van der Waals surface area contributed by atoms with Crippen molar-refractivity contribution in [3.8, 4) is 0 Å². The van der Waals surface area contributed by atoms with Crippen LogP contribution in [0.25, 0.3) is 0 Å². The second-order valence-electron chi connectivity index (χ2n) is 1.08. The number of rotatable bonds is 0. The van der Waals surface area contributed by atoms with Crippen molar-refractivity contribution in [2.75, 3.05) is 0 Å². The number of aliphatic hydroxyl groups is 2. The van der Waals surface area contributed by atoms with E-state index >= 15 is 0 Å². The molecule has 0 aromatic carbocycles. The van der Waals surface area contributed by atoms with E-state index in [2.05, 4.69) is 4.74 Å². The number of hydrogen-bond donors (Lipinski definition) is 2. The van der Waals surface area contributed by atoms with Gasteiger partial charge in [-0.2, -0.15) is 0 Å². The van der Waals surface area contributed by atoms with Gasteiger partial charge in [0.2, 0.25) is 6.29 Å². The largest absolute Gasteiger partial charge is 0.363 e. The molecule has 0 radical (unpaired) electrons. The van der Waals surface area contributed by atoms with Crippen LogP contribution >= 0.6 is 11.6 Å². The first-order valence-corrected chi connectivity index (χ1v) is 1.78. The van der Waals surface area contributed by atoms with Crippen molar-refractivity contribution in [3.05, 3.63) is 0 Å². The quantitative estimate of drug-likeness (QED) is 0.318. The fraction of sp³-hybridized carbons (Fsp3) is 1.00. The predicted octanol–water partition coefficient (Wildman–Crippen LogP) is -0.780. The highest BCUT2D eigenvalue weighted by molar-refractivity contribution is 6.23. The molecule has 1 aliphatic rings. The van der Waals surface area contributed by atoms with Crippen LogP contribution in [-0.2, 0) is 4.74 Å². The Morgan fingerprint density at radius 2 is 2.00 bits per heavy atom. The van der Waals surface area contributed by atoms with E-state index < -0.39 is 11.5 Å². The van der Waals surface area contributed by atoms with Crippen molar-refractivity contribution in [1.82, 2.24) is 0 Å². The molecule has 1 aliphatic heterocycles. The summed E-state index contributed by atoms with van der Waals surface area (Å²) >= 11 is 4.87. The lowest BCUT2D eigenvalue weighted by Crippen LogP contribution is -2.01. The summed E-state index contributed by atoms with van der Waals surface area (Å²) in [6.07, 6.45) is -1.18. The Bertz CT molecular complexity index is 71.2. The molecular formula is C2H3ClO3. The fourth-order valence-corrected chi connectivity index (χ4v) is 0.207. The second kappa shape index (κ2) is 0.869. The monoisotopic (exact) mass is 110 g/mol. The number of ether oxygens (including phenoxy) is 1. The summed E-state index contributed by atoms with van der Waals surface area (Å²) in [6, 6.07) is 0. The first-order valence-electron chi connectivity index (χ1n) is 1.40. The van der Waals surface area contributed by atoms with Crippen LogP contribution in [-0.4, -0.2) is 21.7 Å². The predicted molar refractivity (Wildman–Crippen MR) is 17.9 cm³/mol. The van der Waals surface area contributed by atoms with Gasteiger partial charge in [-0.1, -0.05) is 11.6 Å². The SMILES string of the molecule is OC1OC1(O)Cl. The molecule has 4 heteroatoms. The number of hydrogen-bond acceptors (Lipinski definition) is 3. The molecule has 2 atom stereocenters. The molecule has 1 fully saturated rings. The molecule has 0 aromatic rings. The summed E-state index contributed by atoms with van der Waals surface area (Å²) in [5.41, 5.74) is 0. The van der Waals surface area contributed by atoms with Gasteiger partial charge in [0.15, 0.2) is 0 Å². The molecule has 0 bridgehead atoms. The summed E-state index contributed by atoms with van der Waals surface area (Å²) in [4.78, 5) is 0. The van der Waals surface area contributed by atoms with E-state index in [9.17, 15) is 0 Å². The number of aliphatic hydroxyl groups excluding tert-OH is 1. The van der Waals surface area contributed by atoms with Gasteiger partial charge < -0.3 is 10.2 Å². The molecule has 0 spiro atoms. The Balaban J connectivity index is 2.41. The Hall–Kier alpha value is 0.170. The minimum absolute atomic E-state index is 1.18. The molecule has 1 saturated heterocycles. The molecule has 0 aliphatic carbocycles. The molecule has 0 saturated carbocycles. The Kier molecular flexibility index (Phi) is 0.628. The van der Waals surface area contributed by atoms with Crippen molar-refractivity contribution in [2.45, 2.75) is 11.5 Å². The highest BCUT2D eigenvalue weighted by Gasteiger charge is 2.53. The second-order valence-corrected chi connectivity index (χ2v) is 1.62. The Morgan fingerprint density at radius 1 is 1.83 bits per heavy atom. The maximum absolute atomic E-state index is 8.19. The maximum Gasteiger partial charge on any atom is 0.301 e. The molecule has 0 aromatic heterocycles. The van der Waals surface area contributed by atoms with Crippen LogP contribution in [0.3, 0.4) is 0 Å². The van der Waals surface area contributed by atoms with E-state index in [1.807, 2.05) is 0 Å². The van der Waals surface area contributed by atoms with E-state index in [0.29, 0.717) is 0 Å². The zero-order valence-corrected chi connectivity index (χ0v) is 3.51. The molecule has 1 heterocycles. The lowest BCUT2D eigenvalue weighted by atomic mass is 10.8. The molecule has 0 amide bonds. The van der Waals surface area contributed by atoms with Gasteiger partial charge in [0.05, 0.1) is 0 Å². The van der Waals surface area contributed by atoms with Gasteiger partial charge in [-0.3, -0.25) is 4.74 Å². The lowest BCUT2D eigenvalue weighted by molar-refractivity contribution is 0.115. The maximum atomic E-state index is 8.19. The van der Waals surface area contributed by atoms with Gasteiger partial charge in [0.25, 0.3) is 0 Å². The van der Waals surface area contributed by atoms with Crippen molar-refractivity contribution in [3.63, 3.8) is 0 Å². The zero-order chi connectivity index (χ0) is 4.78. The number of epoxide rings is 1. The van der Waals surface area contributed by atoms with Crippen molar-refractivity contribution in [2.24, 2.45) is 0 Å². The van der Waals surface area contributed by atoms with Crippen LogP contribution < -0.4 is 0 Å². The molecule has 3 nitrogen and oxygen atoms in total. The lowest BCUT2D eigenvalue weighted by Gasteiger charge is -1.80. The van der Waals surface area contributed by atoms with E-state index in [4.69, 9.17) is 21.8 Å². The summed E-state index contributed by atoms with van der Waals surface area (Å²) < 4.78 is 3.98. The highest BCUT2D eigenvalue weighted by Crippen LogP contribution is 2.34. The van der Waals surface area contributed by atoms with Crippen LogP contribution in [0.5, 0.6) is 0 Å². The summed E-state index contributed by atoms with van der Waals surface area (Å²) in [5, 5.41) is 14.5. The van der Waals surface area contributed by atoms with Gasteiger partial charge in [0, 0.05) is 0 Å². The number of halogens is 1. The number of alkyl halides is 1. The smallest absolute Gasteiger partial charge is 0.301 e. The van der Waals surface area contributed by atoms with Crippen molar-refractivity contribution < 1.29 is 14.9 Å². The van der Waals surface area contributed by atoms with Crippen LogP contribution in [0.1, 0.15) is 0 Å². The molecule has 2 N–H and O–H groups in total. The average molecular weight is 110 g/mol. The van der Waals surface area contributed by atoms with Gasteiger partial charge in [0.1, 0.15) is 0 Å². The van der Waals surface area contributed by atoms with Gasteiger partial charge >= 0.3 is 5.25 Å². The third kappa shape index (κ3) is 0.498. The van der Waals surface area contributed by atoms with Crippen molar-refractivity contribution in [1.29, 1.82) is 0 Å². The van der Waals surface area contributed by atoms with Crippen molar-refractivity contribution >= 4 is 11.6 Å². The first kappa shape index (κ1) is 4.33. The van der Waals surface area contributed by atoms with E-state index in [-0.39, 0.29) is 0 Å². The Labute approximate surface area is 39.1 Å². The Morgan fingerprint density at radius 3 is 2.00 bits per heavy atom. The van der Waals surface area contributed by atoms with Crippen LogP contribution in [0, 0.1) is 0 Å². The third-order valence-electron chi connectivity index (χ3n) is 0.524. The fourth-order valence-electron chi connectivity index (χ4n) is 0.123. The summed E-state index contributed by atoms with van der Waals surface area (Å²) in [5.74, 6) is 0. The normalized spacial score (nSPS) is 55.5. The summed E-state index contributed by atoms with van der Waals surface area (Å²) in [7, 11) is 0. The standard InChI is InChI=1S/C2H3ClO3/c3-2(5)1(4)6-2/h1,4-5H. The topological polar surface area (TPSA) is 53.0 Å². The van der Waals surface area contributed by atoms with Gasteiger partial charge in [-0.05, 0) is 0 Å². The molecule has 1 rings (SSSR count). The van der Waals surface area contributed by atoms with Gasteiger partial charge in [-0.15, -0.1) is 0 Å². The third-order valence-corrected chi connectivity index (χ3v) is 0.800. The first-order chi connectivity index (χ1) is 2.63. The minimum Gasteiger partial charge on any atom is -0.363 e. The molecule has 2 unspecified atom stereocenters. The molecule has 36 valence electrons. The van der Waals surface area contributed by atoms with E-state index in [0.717, 1.165) is 0 Å². The highest BCUT2D eigenvalue weighted by atomic mass is 35.5. The van der Waals surface area contributed by atoms with Crippen LogP contribution in [0.4, 0.5) is 0 Å². The van der Waals surface area contributed by atoms with Gasteiger partial charge in [-0.25, -0.2) is 0 Å². The van der Waals surface area contributed by atoms with Crippen LogP contribution in [0.2, 0.25) is 0 Å². The molecular weight excluding hydrogens is 107 g/mol. The van der Waals surface area contributed by atoms with E-state index in [1.54, 1.807) is 0 Å². The minimum atomic E-state index is -1.76.